The average molecular weight is 356 g/mol. The van der Waals surface area contributed by atoms with Crippen LogP contribution in [-0.2, 0) is 0 Å². The second-order valence-corrected chi connectivity index (χ2v) is 4.07. The van der Waals surface area contributed by atoms with E-state index in [1.807, 2.05) is 6.07 Å². The van der Waals surface area contributed by atoms with Crippen LogP contribution in [0.1, 0.15) is 0 Å². The van der Waals surface area contributed by atoms with Crippen molar-refractivity contribution in [2.24, 2.45) is 0 Å². The lowest BCUT2D eigenvalue weighted by Gasteiger charge is -2.16. The molecular formula is C11H10BrN5O4. The fourth-order valence-corrected chi connectivity index (χ4v) is 1.79. The van der Waals surface area contributed by atoms with Gasteiger partial charge in [-0.3, -0.25) is 19.7 Å². The molecule has 0 radical (unpaired) electrons. The fourth-order valence-electron chi connectivity index (χ4n) is 1.79. The smallest absolute Gasteiger partial charge is 0.314 e. The standard InChI is InChI=1S/C11H9N5O4.BrH/c1-15(3-2-12)8-5-6(16(19)20)4-7-9(8)14-11(18)10(17)13-7;/h4-5H,3H2,1H3,(H,13,17)(H,14,18);1H. The van der Waals surface area contributed by atoms with Gasteiger partial charge in [-0.1, -0.05) is 0 Å². The van der Waals surface area contributed by atoms with Gasteiger partial charge < -0.3 is 14.9 Å². The Morgan fingerprint density at radius 1 is 1.33 bits per heavy atom. The normalized spacial score (nSPS) is 9.71. The zero-order valence-electron chi connectivity index (χ0n) is 10.7. The van der Waals surface area contributed by atoms with E-state index in [-0.39, 0.29) is 45.9 Å². The number of nitrogens with zero attached hydrogens (tertiary/aromatic N) is 3. The van der Waals surface area contributed by atoms with Gasteiger partial charge in [0.25, 0.3) is 5.69 Å². The van der Waals surface area contributed by atoms with Crippen LogP contribution in [0, 0.1) is 21.4 Å². The highest BCUT2D eigenvalue weighted by molar-refractivity contribution is 8.93. The number of benzene rings is 1. The molecule has 0 saturated carbocycles. The topological polar surface area (TPSA) is 136 Å². The molecular weight excluding hydrogens is 346 g/mol. The number of nitro groups is 1. The maximum atomic E-state index is 11.4. The molecule has 0 saturated heterocycles. The predicted octanol–water partition coefficient (Wildman–Crippen LogP) is 0.662. The van der Waals surface area contributed by atoms with E-state index in [4.69, 9.17) is 5.26 Å². The van der Waals surface area contributed by atoms with Crippen molar-refractivity contribution in [3.8, 4) is 6.07 Å². The summed E-state index contributed by atoms with van der Waals surface area (Å²) in [5.41, 5.74) is -1.37. The minimum absolute atomic E-state index is 0. The van der Waals surface area contributed by atoms with Crippen molar-refractivity contribution in [2.75, 3.05) is 18.5 Å². The van der Waals surface area contributed by atoms with Gasteiger partial charge in [0.05, 0.1) is 27.7 Å². The molecule has 0 spiro atoms. The number of fused-ring (bicyclic) bond motifs is 1. The zero-order chi connectivity index (χ0) is 14.9. The number of hydrogen-bond acceptors (Lipinski definition) is 6. The van der Waals surface area contributed by atoms with Gasteiger partial charge in [-0.25, -0.2) is 0 Å². The van der Waals surface area contributed by atoms with Crippen LogP contribution < -0.4 is 16.0 Å². The third kappa shape index (κ3) is 3.09. The monoisotopic (exact) mass is 355 g/mol. The van der Waals surface area contributed by atoms with Crippen LogP contribution in [-0.4, -0.2) is 28.5 Å². The predicted molar refractivity (Wildman–Crippen MR) is 81.0 cm³/mol. The lowest BCUT2D eigenvalue weighted by molar-refractivity contribution is -0.384. The van der Waals surface area contributed by atoms with Crippen molar-refractivity contribution >= 4 is 39.4 Å². The molecule has 1 heterocycles. The lowest BCUT2D eigenvalue weighted by atomic mass is 10.2. The van der Waals surface area contributed by atoms with E-state index < -0.39 is 16.0 Å². The molecule has 0 unspecified atom stereocenters. The molecule has 0 atom stereocenters. The van der Waals surface area contributed by atoms with Crippen molar-refractivity contribution in [3.05, 3.63) is 43.0 Å². The van der Waals surface area contributed by atoms with Gasteiger partial charge in [0.15, 0.2) is 0 Å². The van der Waals surface area contributed by atoms with Crippen LogP contribution in [0.4, 0.5) is 11.4 Å². The van der Waals surface area contributed by atoms with Crippen molar-refractivity contribution in [3.63, 3.8) is 0 Å². The summed E-state index contributed by atoms with van der Waals surface area (Å²) in [5, 5.41) is 19.6. The summed E-state index contributed by atoms with van der Waals surface area (Å²) in [4.78, 5) is 39.0. The number of anilines is 1. The van der Waals surface area contributed by atoms with E-state index >= 15 is 0 Å². The highest BCUT2D eigenvalue weighted by Crippen LogP contribution is 2.27. The number of aromatic nitrogens is 2. The Balaban J connectivity index is 0.00000220. The number of H-pyrrole nitrogens is 2. The molecule has 2 rings (SSSR count). The highest BCUT2D eigenvalue weighted by atomic mass is 79.9. The number of nitrogens with one attached hydrogen (secondary N) is 2. The molecule has 0 fully saturated rings. The van der Waals surface area contributed by atoms with Crippen molar-refractivity contribution < 1.29 is 4.92 Å². The van der Waals surface area contributed by atoms with Crippen LogP contribution in [0.3, 0.4) is 0 Å². The maximum Gasteiger partial charge on any atom is 0.314 e. The third-order valence-electron chi connectivity index (χ3n) is 2.73. The summed E-state index contributed by atoms with van der Waals surface area (Å²) in [6, 6.07) is 4.28. The number of hydrogen-bond donors (Lipinski definition) is 2. The molecule has 0 bridgehead atoms. The SMILES string of the molecule is Br.CN(CC#N)c1cc([N+](=O)[O-])cc2[nH]c(=O)c(=O)[nH]c12. The van der Waals surface area contributed by atoms with E-state index in [0.717, 1.165) is 6.07 Å². The van der Waals surface area contributed by atoms with Crippen LogP contribution in [0.15, 0.2) is 21.7 Å². The molecule has 9 nitrogen and oxygen atoms in total. The fraction of sp³-hybridized carbons (Fsp3) is 0.182. The summed E-state index contributed by atoms with van der Waals surface area (Å²) in [6.45, 7) is -0.0303. The van der Waals surface area contributed by atoms with Gasteiger partial charge in [-0.2, -0.15) is 5.26 Å². The van der Waals surface area contributed by atoms with Gasteiger partial charge in [0.2, 0.25) is 0 Å². The Kier molecular flexibility index (Phi) is 4.83. The maximum absolute atomic E-state index is 11.4. The van der Waals surface area contributed by atoms with Crippen LogP contribution in [0.2, 0.25) is 0 Å². The first-order valence-corrected chi connectivity index (χ1v) is 5.47. The van der Waals surface area contributed by atoms with Crippen molar-refractivity contribution in [1.29, 1.82) is 5.26 Å². The Morgan fingerprint density at radius 2 is 1.95 bits per heavy atom. The molecule has 10 heteroatoms. The molecule has 21 heavy (non-hydrogen) atoms. The molecule has 110 valence electrons. The molecule has 0 aliphatic rings. The largest absolute Gasteiger partial charge is 0.359 e. The zero-order valence-corrected chi connectivity index (χ0v) is 12.5. The van der Waals surface area contributed by atoms with E-state index in [1.165, 1.54) is 11.0 Å². The van der Waals surface area contributed by atoms with E-state index in [1.54, 1.807) is 7.05 Å². The van der Waals surface area contributed by atoms with Crippen LogP contribution in [0.25, 0.3) is 11.0 Å². The quantitative estimate of drug-likeness (QED) is 0.359. The lowest BCUT2D eigenvalue weighted by Crippen LogP contribution is -2.30. The highest BCUT2D eigenvalue weighted by Gasteiger charge is 2.16. The molecule has 0 aliphatic carbocycles. The molecule has 2 aromatic rings. The summed E-state index contributed by atoms with van der Waals surface area (Å²) in [6.07, 6.45) is 0. The number of nitriles is 1. The molecule has 2 N–H and O–H groups in total. The van der Waals surface area contributed by atoms with Gasteiger partial charge in [0, 0.05) is 19.2 Å². The molecule has 1 aromatic heterocycles. The van der Waals surface area contributed by atoms with Crippen LogP contribution >= 0.6 is 17.0 Å². The summed E-state index contributed by atoms with van der Waals surface area (Å²) >= 11 is 0. The summed E-state index contributed by atoms with van der Waals surface area (Å²) < 4.78 is 0. The Labute approximate surface area is 127 Å². The number of nitro benzene ring substituents is 1. The van der Waals surface area contributed by atoms with Gasteiger partial charge in [0.1, 0.15) is 6.54 Å². The Bertz CT molecular complexity index is 850. The van der Waals surface area contributed by atoms with Crippen molar-refractivity contribution in [2.45, 2.75) is 0 Å². The van der Waals surface area contributed by atoms with E-state index in [2.05, 4.69) is 9.97 Å². The number of halogens is 1. The first-order chi connectivity index (χ1) is 9.43. The minimum atomic E-state index is -0.896. The van der Waals surface area contributed by atoms with Crippen molar-refractivity contribution in [1.82, 2.24) is 9.97 Å². The number of rotatable bonds is 3. The second-order valence-electron chi connectivity index (χ2n) is 4.07. The third-order valence-corrected chi connectivity index (χ3v) is 2.73. The molecule has 0 aliphatic heterocycles. The van der Waals surface area contributed by atoms with E-state index in [0.29, 0.717) is 0 Å². The molecule has 1 aromatic carbocycles. The van der Waals surface area contributed by atoms with E-state index in [9.17, 15) is 19.7 Å². The average Bonchev–Trinajstić information content (AvgIpc) is 2.39. The number of aromatic amines is 2. The number of non-ortho nitro benzene ring substituents is 1. The van der Waals surface area contributed by atoms with Crippen LogP contribution in [0.5, 0.6) is 0 Å². The minimum Gasteiger partial charge on any atom is -0.359 e. The first-order valence-electron chi connectivity index (χ1n) is 5.47. The summed E-state index contributed by atoms with van der Waals surface area (Å²) in [7, 11) is 1.55. The van der Waals surface area contributed by atoms with Gasteiger partial charge in [-0.05, 0) is 0 Å². The second kappa shape index (κ2) is 6.19. The Morgan fingerprint density at radius 3 is 2.52 bits per heavy atom. The first kappa shape index (κ1) is 16.4. The van der Waals surface area contributed by atoms with Gasteiger partial charge >= 0.3 is 11.1 Å². The summed E-state index contributed by atoms with van der Waals surface area (Å²) in [5.74, 6) is 0. The molecule has 0 amide bonds. The van der Waals surface area contributed by atoms with Gasteiger partial charge in [-0.15, -0.1) is 17.0 Å². The Hall–Kier alpha value is -2.67.